The molecule has 0 bridgehead atoms. The molecule has 0 amide bonds. The molecule has 3 heterocycles. The summed E-state index contributed by atoms with van der Waals surface area (Å²) in [5, 5.41) is 3.91. The highest BCUT2D eigenvalue weighted by Gasteiger charge is 2.48. The van der Waals surface area contributed by atoms with Crippen LogP contribution in [0.25, 0.3) is 0 Å². The van der Waals surface area contributed by atoms with E-state index in [4.69, 9.17) is 9.47 Å². The average molecular weight is 314 g/mol. The molecule has 21 heavy (non-hydrogen) atoms. The first kappa shape index (κ1) is 16.1. The van der Waals surface area contributed by atoms with Crippen LogP contribution < -0.4 is 5.32 Å². The molecule has 3 aliphatic heterocycles. The van der Waals surface area contributed by atoms with Gasteiger partial charge in [-0.15, -0.1) is 0 Å². The largest absolute Gasteiger partial charge is 0.378 e. The van der Waals surface area contributed by atoms with Crippen molar-refractivity contribution in [3.8, 4) is 0 Å². The van der Waals surface area contributed by atoms with Crippen molar-refractivity contribution in [1.82, 2.24) is 5.32 Å². The van der Waals surface area contributed by atoms with E-state index in [1.54, 1.807) is 0 Å². The zero-order valence-corrected chi connectivity index (χ0v) is 14.5. The van der Waals surface area contributed by atoms with Crippen molar-refractivity contribution in [2.24, 2.45) is 5.92 Å². The van der Waals surface area contributed by atoms with E-state index in [1.807, 2.05) is 0 Å². The summed E-state index contributed by atoms with van der Waals surface area (Å²) in [7, 11) is 0. The zero-order valence-electron chi connectivity index (χ0n) is 13.7. The highest BCUT2D eigenvalue weighted by atomic mass is 32.2. The molecule has 0 aliphatic carbocycles. The quantitative estimate of drug-likeness (QED) is 0.844. The molecule has 122 valence electrons. The predicted molar refractivity (Wildman–Crippen MR) is 89.0 cm³/mol. The van der Waals surface area contributed by atoms with Crippen LogP contribution in [-0.2, 0) is 9.47 Å². The first-order valence-corrected chi connectivity index (χ1v) is 9.75. The first-order chi connectivity index (χ1) is 10.2. The summed E-state index contributed by atoms with van der Waals surface area (Å²) < 4.78 is 12.2. The lowest BCUT2D eigenvalue weighted by Gasteiger charge is -2.45. The molecule has 4 heteroatoms. The van der Waals surface area contributed by atoms with Crippen molar-refractivity contribution in [3.63, 3.8) is 0 Å². The van der Waals surface area contributed by atoms with E-state index in [-0.39, 0.29) is 5.60 Å². The van der Waals surface area contributed by atoms with Gasteiger partial charge in [-0.3, -0.25) is 0 Å². The third-order valence-electron chi connectivity index (χ3n) is 5.59. The number of rotatable bonds is 5. The van der Waals surface area contributed by atoms with E-state index in [9.17, 15) is 0 Å². The van der Waals surface area contributed by atoms with E-state index in [2.05, 4.69) is 30.9 Å². The Labute approximate surface area is 133 Å². The minimum atomic E-state index is 0.0364. The first-order valence-electron chi connectivity index (χ1n) is 8.77. The van der Waals surface area contributed by atoms with Gasteiger partial charge in [0, 0.05) is 30.4 Å². The zero-order chi connectivity index (χ0) is 14.8. The van der Waals surface area contributed by atoms with Gasteiger partial charge in [0.1, 0.15) is 0 Å². The maximum atomic E-state index is 6.15. The van der Waals surface area contributed by atoms with Crippen molar-refractivity contribution >= 4 is 11.8 Å². The van der Waals surface area contributed by atoms with Gasteiger partial charge in [0.2, 0.25) is 0 Å². The van der Waals surface area contributed by atoms with Gasteiger partial charge in [-0.25, -0.2) is 0 Å². The molecular weight excluding hydrogens is 282 g/mol. The van der Waals surface area contributed by atoms with Gasteiger partial charge >= 0.3 is 0 Å². The second-order valence-corrected chi connectivity index (χ2v) is 8.91. The molecule has 0 aromatic heterocycles. The van der Waals surface area contributed by atoms with Gasteiger partial charge in [-0.2, -0.15) is 11.8 Å². The van der Waals surface area contributed by atoms with Gasteiger partial charge in [0.25, 0.3) is 0 Å². The SMILES string of the molecule is CCCNC(C1CCOC2(CCOC2)C1)C1(C)CCCS1. The van der Waals surface area contributed by atoms with Crippen molar-refractivity contribution in [3.05, 3.63) is 0 Å². The normalized spacial score (nSPS) is 41.7. The van der Waals surface area contributed by atoms with E-state index in [0.29, 0.717) is 10.8 Å². The molecule has 0 aromatic rings. The molecule has 3 saturated heterocycles. The summed E-state index contributed by atoms with van der Waals surface area (Å²) >= 11 is 2.19. The summed E-state index contributed by atoms with van der Waals surface area (Å²) in [6.45, 7) is 8.51. The maximum Gasteiger partial charge on any atom is 0.0939 e. The summed E-state index contributed by atoms with van der Waals surface area (Å²) in [4.78, 5) is 0. The molecule has 3 nitrogen and oxygen atoms in total. The molecule has 1 N–H and O–H groups in total. The van der Waals surface area contributed by atoms with Gasteiger partial charge in [0.05, 0.1) is 12.2 Å². The molecule has 3 rings (SSSR count). The van der Waals surface area contributed by atoms with E-state index >= 15 is 0 Å². The second kappa shape index (κ2) is 6.77. The Balaban J connectivity index is 1.72. The predicted octanol–water partition coefficient (Wildman–Crippen LogP) is 3.23. The molecule has 0 aromatic carbocycles. The molecule has 3 fully saturated rings. The fourth-order valence-corrected chi connectivity index (χ4v) is 5.94. The molecule has 4 atom stereocenters. The van der Waals surface area contributed by atoms with Gasteiger partial charge < -0.3 is 14.8 Å². The Kier molecular flexibility index (Phi) is 5.19. The van der Waals surface area contributed by atoms with Crippen LogP contribution in [0.15, 0.2) is 0 Å². The van der Waals surface area contributed by atoms with Crippen LogP contribution in [0.1, 0.15) is 52.4 Å². The standard InChI is InChI=1S/C17H31NO2S/c1-3-8-18-15(16(2)6-4-11-21-16)14-5-9-20-17(12-14)7-10-19-13-17/h14-15,18H,3-13H2,1-2H3. The van der Waals surface area contributed by atoms with Crippen LogP contribution in [-0.4, -0.2) is 48.5 Å². The van der Waals surface area contributed by atoms with Gasteiger partial charge in [-0.05, 0) is 57.2 Å². The second-order valence-electron chi connectivity index (χ2n) is 7.28. The highest BCUT2D eigenvalue weighted by molar-refractivity contribution is 8.00. The Morgan fingerprint density at radius 3 is 2.90 bits per heavy atom. The Morgan fingerprint density at radius 1 is 1.33 bits per heavy atom. The van der Waals surface area contributed by atoms with Crippen LogP contribution in [0.4, 0.5) is 0 Å². The van der Waals surface area contributed by atoms with Crippen LogP contribution in [0.3, 0.4) is 0 Å². The molecule has 4 unspecified atom stereocenters. The third kappa shape index (κ3) is 3.44. The maximum absolute atomic E-state index is 6.15. The minimum Gasteiger partial charge on any atom is -0.378 e. The molecule has 0 radical (unpaired) electrons. The molecule has 3 aliphatic rings. The van der Waals surface area contributed by atoms with Crippen LogP contribution in [0, 0.1) is 5.92 Å². The summed E-state index contributed by atoms with van der Waals surface area (Å²) in [5.74, 6) is 2.07. The van der Waals surface area contributed by atoms with Crippen LogP contribution in [0.5, 0.6) is 0 Å². The summed E-state index contributed by atoms with van der Waals surface area (Å²) in [6, 6.07) is 0.631. The Morgan fingerprint density at radius 2 is 2.24 bits per heavy atom. The van der Waals surface area contributed by atoms with Gasteiger partial charge in [-0.1, -0.05) is 6.92 Å². The molecule has 0 saturated carbocycles. The summed E-state index contributed by atoms with van der Waals surface area (Å²) in [5.41, 5.74) is 0.0364. The Bertz CT molecular complexity index is 338. The van der Waals surface area contributed by atoms with E-state index in [0.717, 1.165) is 38.7 Å². The lowest BCUT2D eigenvalue weighted by Crippen LogP contribution is -2.55. The number of hydrogen-bond acceptors (Lipinski definition) is 4. The van der Waals surface area contributed by atoms with Crippen molar-refractivity contribution in [2.75, 3.05) is 32.1 Å². The number of nitrogens with one attached hydrogen (secondary N) is 1. The minimum absolute atomic E-state index is 0.0364. The average Bonchev–Trinajstić information content (AvgIpc) is 3.10. The van der Waals surface area contributed by atoms with Gasteiger partial charge in [0.15, 0.2) is 0 Å². The molecule has 1 spiro atoms. The summed E-state index contributed by atoms with van der Waals surface area (Å²) in [6.07, 6.45) is 7.44. The Hall–Kier alpha value is 0.230. The smallest absolute Gasteiger partial charge is 0.0939 e. The molecular formula is C17H31NO2S. The highest BCUT2D eigenvalue weighted by Crippen LogP contribution is 2.47. The number of thioether (sulfide) groups is 1. The number of hydrogen-bond donors (Lipinski definition) is 1. The monoisotopic (exact) mass is 313 g/mol. The van der Waals surface area contributed by atoms with Crippen molar-refractivity contribution in [2.45, 2.75) is 68.8 Å². The van der Waals surface area contributed by atoms with E-state index < -0.39 is 0 Å². The lowest BCUT2D eigenvalue weighted by molar-refractivity contribution is -0.104. The third-order valence-corrected chi connectivity index (χ3v) is 7.20. The fourth-order valence-electron chi connectivity index (χ4n) is 4.44. The number of ether oxygens (including phenoxy) is 2. The lowest BCUT2D eigenvalue weighted by atomic mass is 9.76. The van der Waals surface area contributed by atoms with Crippen molar-refractivity contribution in [1.29, 1.82) is 0 Å². The van der Waals surface area contributed by atoms with Crippen LogP contribution in [0.2, 0.25) is 0 Å². The van der Waals surface area contributed by atoms with E-state index in [1.165, 1.54) is 37.9 Å². The van der Waals surface area contributed by atoms with Crippen molar-refractivity contribution < 1.29 is 9.47 Å². The topological polar surface area (TPSA) is 30.5 Å². The fraction of sp³-hybridized carbons (Fsp3) is 1.00. The van der Waals surface area contributed by atoms with Crippen LogP contribution >= 0.6 is 11.8 Å².